The number of hydrogen-bond donors (Lipinski definition) is 1. The minimum atomic E-state index is -3.67. The van der Waals surface area contributed by atoms with E-state index < -0.39 is 10.0 Å². The molecular weight excluding hydrogens is 362 g/mol. The van der Waals surface area contributed by atoms with Crippen LogP contribution in [0.5, 0.6) is 0 Å². The van der Waals surface area contributed by atoms with Gasteiger partial charge in [-0.15, -0.1) is 0 Å². The van der Waals surface area contributed by atoms with Crippen LogP contribution in [0.1, 0.15) is 25.8 Å². The molecule has 0 bridgehead atoms. The Bertz CT molecular complexity index is 1010. The molecular formula is C20H23N3O3S. The minimum Gasteiger partial charge on any atom is -0.334 e. The second-order valence-corrected chi connectivity index (χ2v) is 8.60. The van der Waals surface area contributed by atoms with Gasteiger partial charge in [0.2, 0.25) is 15.8 Å². The first-order valence-electron chi connectivity index (χ1n) is 8.86. The predicted molar refractivity (Wildman–Crippen MR) is 105 cm³/mol. The van der Waals surface area contributed by atoms with Gasteiger partial charge in [-0.1, -0.05) is 61.0 Å². The Morgan fingerprint density at radius 1 is 1.07 bits per heavy atom. The van der Waals surface area contributed by atoms with Crippen molar-refractivity contribution >= 4 is 10.0 Å². The number of sulfonamides is 1. The molecule has 0 saturated heterocycles. The monoisotopic (exact) mass is 385 g/mol. The Morgan fingerprint density at radius 2 is 1.78 bits per heavy atom. The molecule has 0 amide bonds. The van der Waals surface area contributed by atoms with Crippen LogP contribution in [0.3, 0.4) is 0 Å². The van der Waals surface area contributed by atoms with E-state index in [0.29, 0.717) is 23.9 Å². The van der Waals surface area contributed by atoms with Gasteiger partial charge in [-0.05, 0) is 31.4 Å². The molecule has 0 radical (unpaired) electrons. The smallest absolute Gasteiger partial charge is 0.259 e. The standard InChI is InChI=1S/C20H23N3O3S/c1-14(2)12-13-21-27(24,25)18-7-5-4-6-17(18)20-22-19(23-26-20)16-10-8-15(3)9-11-16/h4-11,14,21H,12-13H2,1-3H3. The van der Waals surface area contributed by atoms with Crippen molar-refractivity contribution < 1.29 is 12.9 Å². The molecule has 0 atom stereocenters. The van der Waals surface area contributed by atoms with Crippen LogP contribution in [0.15, 0.2) is 57.9 Å². The molecule has 6 nitrogen and oxygen atoms in total. The number of aromatic nitrogens is 2. The number of benzene rings is 2. The Labute approximate surface area is 159 Å². The summed E-state index contributed by atoms with van der Waals surface area (Å²) in [6.07, 6.45) is 0.763. The lowest BCUT2D eigenvalue weighted by molar-refractivity contribution is 0.431. The fourth-order valence-electron chi connectivity index (χ4n) is 2.59. The zero-order chi connectivity index (χ0) is 19.4. The summed E-state index contributed by atoms with van der Waals surface area (Å²) in [6, 6.07) is 14.4. The third kappa shape index (κ3) is 4.61. The van der Waals surface area contributed by atoms with Crippen LogP contribution in [0, 0.1) is 12.8 Å². The van der Waals surface area contributed by atoms with Crippen LogP contribution in [0.2, 0.25) is 0 Å². The summed E-state index contributed by atoms with van der Waals surface area (Å²) < 4.78 is 33.4. The van der Waals surface area contributed by atoms with Gasteiger partial charge in [0.15, 0.2) is 0 Å². The van der Waals surface area contributed by atoms with Crippen LogP contribution in [0.4, 0.5) is 0 Å². The number of hydrogen-bond acceptors (Lipinski definition) is 5. The third-order valence-electron chi connectivity index (χ3n) is 4.16. The summed E-state index contributed by atoms with van der Waals surface area (Å²) in [5.74, 6) is 1.01. The summed E-state index contributed by atoms with van der Waals surface area (Å²) in [4.78, 5) is 4.53. The maximum absolute atomic E-state index is 12.7. The molecule has 0 saturated carbocycles. The molecule has 0 unspecified atom stereocenters. The Kier molecular flexibility index (Phi) is 5.72. The van der Waals surface area contributed by atoms with Gasteiger partial charge >= 0.3 is 0 Å². The minimum absolute atomic E-state index is 0.132. The molecule has 0 spiro atoms. The van der Waals surface area contributed by atoms with Gasteiger partial charge in [0.25, 0.3) is 5.89 Å². The van der Waals surface area contributed by atoms with Gasteiger partial charge in [0.1, 0.15) is 0 Å². The SMILES string of the molecule is Cc1ccc(-c2noc(-c3ccccc3S(=O)(=O)NCCC(C)C)n2)cc1. The molecule has 0 fully saturated rings. The van der Waals surface area contributed by atoms with Gasteiger partial charge in [-0.3, -0.25) is 0 Å². The highest BCUT2D eigenvalue weighted by Gasteiger charge is 2.22. The topological polar surface area (TPSA) is 85.1 Å². The lowest BCUT2D eigenvalue weighted by Crippen LogP contribution is -2.26. The number of nitrogens with zero attached hydrogens (tertiary/aromatic N) is 2. The lowest BCUT2D eigenvalue weighted by Gasteiger charge is -2.10. The molecule has 3 aromatic rings. The first kappa shape index (κ1) is 19.3. The maximum atomic E-state index is 12.7. The molecule has 2 aromatic carbocycles. The molecule has 0 aliphatic carbocycles. The first-order valence-corrected chi connectivity index (χ1v) is 10.3. The molecule has 1 aromatic heterocycles. The van der Waals surface area contributed by atoms with Gasteiger partial charge in [-0.2, -0.15) is 4.98 Å². The van der Waals surface area contributed by atoms with E-state index in [0.717, 1.165) is 17.5 Å². The van der Waals surface area contributed by atoms with Crippen molar-refractivity contribution in [3.05, 3.63) is 54.1 Å². The van der Waals surface area contributed by atoms with Crippen molar-refractivity contribution in [3.8, 4) is 22.8 Å². The number of aryl methyl sites for hydroxylation is 1. The Hall–Kier alpha value is -2.51. The van der Waals surface area contributed by atoms with Crippen LogP contribution in [-0.2, 0) is 10.0 Å². The van der Waals surface area contributed by atoms with Crippen LogP contribution in [0.25, 0.3) is 22.8 Å². The van der Waals surface area contributed by atoms with Crippen LogP contribution >= 0.6 is 0 Å². The van der Waals surface area contributed by atoms with Gasteiger partial charge in [-0.25, -0.2) is 13.1 Å². The predicted octanol–water partition coefficient (Wildman–Crippen LogP) is 4.04. The van der Waals surface area contributed by atoms with Crippen LogP contribution in [-0.4, -0.2) is 25.1 Å². The van der Waals surface area contributed by atoms with Crippen molar-refractivity contribution in [1.82, 2.24) is 14.9 Å². The van der Waals surface area contributed by atoms with Crippen molar-refractivity contribution in [1.29, 1.82) is 0 Å². The van der Waals surface area contributed by atoms with E-state index in [1.807, 2.05) is 45.0 Å². The Morgan fingerprint density at radius 3 is 2.48 bits per heavy atom. The second kappa shape index (κ2) is 8.02. The average molecular weight is 385 g/mol. The fourth-order valence-corrected chi connectivity index (χ4v) is 3.83. The maximum Gasteiger partial charge on any atom is 0.259 e. The number of rotatable bonds is 7. The second-order valence-electron chi connectivity index (χ2n) is 6.87. The van der Waals surface area contributed by atoms with E-state index in [4.69, 9.17) is 4.52 Å². The zero-order valence-corrected chi connectivity index (χ0v) is 16.5. The van der Waals surface area contributed by atoms with E-state index in [1.54, 1.807) is 24.3 Å². The van der Waals surface area contributed by atoms with E-state index in [2.05, 4.69) is 14.9 Å². The van der Waals surface area contributed by atoms with Crippen LogP contribution < -0.4 is 4.72 Å². The fraction of sp³-hybridized carbons (Fsp3) is 0.300. The van der Waals surface area contributed by atoms with Crippen molar-refractivity contribution in [3.63, 3.8) is 0 Å². The molecule has 7 heteroatoms. The molecule has 142 valence electrons. The van der Waals surface area contributed by atoms with Crippen molar-refractivity contribution in [2.75, 3.05) is 6.54 Å². The molecule has 0 aliphatic rings. The van der Waals surface area contributed by atoms with E-state index >= 15 is 0 Å². The van der Waals surface area contributed by atoms with E-state index in [9.17, 15) is 8.42 Å². The van der Waals surface area contributed by atoms with E-state index in [-0.39, 0.29) is 10.8 Å². The summed E-state index contributed by atoms with van der Waals surface area (Å²) >= 11 is 0. The van der Waals surface area contributed by atoms with Gasteiger partial charge < -0.3 is 4.52 Å². The highest BCUT2D eigenvalue weighted by Crippen LogP contribution is 2.28. The molecule has 1 N–H and O–H groups in total. The highest BCUT2D eigenvalue weighted by atomic mass is 32.2. The first-order chi connectivity index (χ1) is 12.9. The average Bonchev–Trinajstić information content (AvgIpc) is 3.12. The lowest BCUT2D eigenvalue weighted by atomic mass is 10.1. The van der Waals surface area contributed by atoms with E-state index in [1.165, 1.54) is 0 Å². The number of nitrogens with one attached hydrogen (secondary N) is 1. The molecule has 27 heavy (non-hydrogen) atoms. The summed E-state index contributed by atoms with van der Waals surface area (Å²) in [5, 5.41) is 4.00. The highest BCUT2D eigenvalue weighted by molar-refractivity contribution is 7.89. The summed E-state index contributed by atoms with van der Waals surface area (Å²) in [5.41, 5.74) is 2.33. The molecule has 3 rings (SSSR count). The van der Waals surface area contributed by atoms with Gasteiger partial charge in [0.05, 0.1) is 10.5 Å². The van der Waals surface area contributed by atoms with Gasteiger partial charge in [0, 0.05) is 12.1 Å². The summed E-state index contributed by atoms with van der Waals surface area (Å²) in [7, 11) is -3.67. The van der Waals surface area contributed by atoms with Crippen molar-refractivity contribution in [2.45, 2.75) is 32.1 Å². The quantitative estimate of drug-likeness (QED) is 0.663. The summed E-state index contributed by atoms with van der Waals surface area (Å²) in [6.45, 7) is 6.48. The molecule has 1 heterocycles. The molecule has 0 aliphatic heterocycles. The van der Waals surface area contributed by atoms with Crippen molar-refractivity contribution in [2.24, 2.45) is 5.92 Å². The third-order valence-corrected chi connectivity index (χ3v) is 5.68. The zero-order valence-electron chi connectivity index (χ0n) is 15.6. The largest absolute Gasteiger partial charge is 0.334 e. The Balaban J connectivity index is 1.91. The normalized spacial score (nSPS) is 11.9.